The number of carbonyl (C=O) groups excluding carboxylic acids is 2. The Labute approximate surface area is 154 Å². The number of nitrogens with zero attached hydrogens (tertiary/aromatic N) is 1. The summed E-state index contributed by atoms with van der Waals surface area (Å²) in [5.74, 6) is -0.117. The number of pyridine rings is 1. The van der Waals surface area contributed by atoms with E-state index in [1.54, 1.807) is 60.8 Å². The molecule has 1 N–H and O–H groups in total. The Hall–Kier alpha value is -2.79. The van der Waals surface area contributed by atoms with Crippen molar-refractivity contribution >= 4 is 33.4 Å². The maximum Gasteiger partial charge on any atom is 0.257 e. The smallest absolute Gasteiger partial charge is 0.257 e. The standard InChI is InChI=1S/C20H15BrN2O2/c1-13-6-11-18(22-12-13)23-20(25)17-5-3-2-4-16(17)19(24)14-7-9-15(21)10-8-14/h2-12H,1H3,(H,22,23,25). The van der Waals surface area contributed by atoms with Crippen molar-refractivity contribution in [3.8, 4) is 0 Å². The molecule has 0 aliphatic heterocycles. The molecule has 0 unspecified atom stereocenters. The molecule has 0 atom stereocenters. The van der Waals surface area contributed by atoms with Crippen molar-refractivity contribution in [2.75, 3.05) is 5.32 Å². The lowest BCUT2D eigenvalue weighted by atomic mass is 9.98. The zero-order valence-electron chi connectivity index (χ0n) is 13.5. The molecular formula is C20H15BrN2O2. The molecule has 0 spiro atoms. The van der Waals surface area contributed by atoms with Crippen molar-refractivity contribution in [1.82, 2.24) is 4.98 Å². The van der Waals surface area contributed by atoms with Crippen LogP contribution >= 0.6 is 15.9 Å². The molecular weight excluding hydrogens is 380 g/mol. The molecule has 0 bridgehead atoms. The van der Waals surface area contributed by atoms with Gasteiger partial charge in [-0.25, -0.2) is 4.98 Å². The fourth-order valence-electron chi connectivity index (χ4n) is 2.36. The van der Waals surface area contributed by atoms with Gasteiger partial charge in [0.25, 0.3) is 5.91 Å². The third-order valence-electron chi connectivity index (χ3n) is 3.68. The lowest BCUT2D eigenvalue weighted by Gasteiger charge is -2.09. The molecule has 5 heteroatoms. The van der Waals surface area contributed by atoms with E-state index in [0.717, 1.165) is 10.0 Å². The highest BCUT2D eigenvalue weighted by Crippen LogP contribution is 2.18. The highest BCUT2D eigenvalue weighted by molar-refractivity contribution is 9.10. The maximum atomic E-state index is 12.8. The van der Waals surface area contributed by atoms with Crippen LogP contribution in [0.3, 0.4) is 0 Å². The molecule has 1 aromatic heterocycles. The summed E-state index contributed by atoms with van der Waals surface area (Å²) in [6.45, 7) is 1.92. The highest BCUT2D eigenvalue weighted by Gasteiger charge is 2.18. The summed E-state index contributed by atoms with van der Waals surface area (Å²) in [5.41, 5.74) is 2.20. The molecule has 25 heavy (non-hydrogen) atoms. The first kappa shape index (κ1) is 17.0. The molecule has 0 saturated carbocycles. The van der Waals surface area contributed by atoms with E-state index in [-0.39, 0.29) is 11.7 Å². The molecule has 0 saturated heterocycles. The molecule has 4 nitrogen and oxygen atoms in total. The van der Waals surface area contributed by atoms with Crippen LogP contribution in [-0.4, -0.2) is 16.7 Å². The zero-order valence-corrected chi connectivity index (χ0v) is 15.1. The van der Waals surface area contributed by atoms with Gasteiger partial charge in [-0.1, -0.05) is 40.2 Å². The van der Waals surface area contributed by atoms with Crippen LogP contribution in [0.4, 0.5) is 5.82 Å². The monoisotopic (exact) mass is 394 g/mol. The Morgan fingerprint density at radius 1 is 0.920 bits per heavy atom. The summed E-state index contributed by atoms with van der Waals surface area (Å²) in [4.78, 5) is 29.5. The molecule has 0 aliphatic carbocycles. The fourth-order valence-corrected chi connectivity index (χ4v) is 2.63. The number of benzene rings is 2. The van der Waals surface area contributed by atoms with Gasteiger partial charge in [0.15, 0.2) is 5.78 Å². The number of carbonyl (C=O) groups is 2. The number of hydrogen-bond donors (Lipinski definition) is 1. The van der Waals surface area contributed by atoms with Crippen LogP contribution in [0.25, 0.3) is 0 Å². The Morgan fingerprint density at radius 2 is 1.60 bits per heavy atom. The van der Waals surface area contributed by atoms with E-state index in [0.29, 0.717) is 22.5 Å². The number of amides is 1. The number of anilines is 1. The van der Waals surface area contributed by atoms with Gasteiger partial charge in [-0.15, -0.1) is 0 Å². The van der Waals surface area contributed by atoms with Gasteiger partial charge in [-0.2, -0.15) is 0 Å². The number of rotatable bonds is 4. The maximum absolute atomic E-state index is 12.8. The molecule has 3 aromatic rings. The minimum absolute atomic E-state index is 0.199. The molecule has 0 fully saturated rings. The topological polar surface area (TPSA) is 59.1 Å². The Bertz CT molecular complexity index is 919. The zero-order chi connectivity index (χ0) is 17.8. The Morgan fingerprint density at radius 3 is 2.24 bits per heavy atom. The summed E-state index contributed by atoms with van der Waals surface area (Å²) in [6.07, 6.45) is 1.68. The Balaban J connectivity index is 1.89. The van der Waals surface area contributed by atoms with Crippen LogP contribution in [0, 0.1) is 6.92 Å². The van der Waals surface area contributed by atoms with Crippen LogP contribution in [0.5, 0.6) is 0 Å². The SMILES string of the molecule is Cc1ccc(NC(=O)c2ccccc2C(=O)c2ccc(Br)cc2)nc1. The average molecular weight is 395 g/mol. The summed E-state index contributed by atoms with van der Waals surface area (Å²) >= 11 is 3.35. The van der Waals surface area contributed by atoms with Gasteiger partial charge in [-0.3, -0.25) is 9.59 Å². The van der Waals surface area contributed by atoms with Crippen LogP contribution in [0.15, 0.2) is 71.3 Å². The number of ketones is 1. The van der Waals surface area contributed by atoms with Gasteiger partial charge in [-0.05, 0) is 48.9 Å². The number of halogens is 1. The number of aryl methyl sites for hydroxylation is 1. The van der Waals surface area contributed by atoms with E-state index in [9.17, 15) is 9.59 Å². The molecule has 0 radical (unpaired) electrons. The quantitative estimate of drug-likeness (QED) is 0.655. The lowest BCUT2D eigenvalue weighted by Crippen LogP contribution is -2.17. The fraction of sp³-hybridized carbons (Fsp3) is 0.0500. The van der Waals surface area contributed by atoms with Crippen molar-refractivity contribution in [2.45, 2.75) is 6.92 Å². The summed E-state index contributed by atoms with van der Waals surface area (Å²) in [7, 11) is 0. The summed E-state index contributed by atoms with van der Waals surface area (Å²) in [5, 5.41) is 2.73. The second kappa shape index (κ2) is 7.40. The van der Waals surface area contributed by atoms with Crippen LogP contribution < -0.4 is 5.32 Å². The first-order valence-electron chi connectivity index (χ1n) is 7.68. The molecule has 124 valence electrons. The first-order valence-corrected chi connectivity index (χ1v) is 8.47. The Kier molecular flexibility index (Phi) is 5.05. The van der Waals surface area contributed by atoms with Gasteiger partial charge in [0.1, 0.15) is 5.82 Å². The minimum Gasteiger partial charge on any atom is -0.307 e. The van der Waals surface area contributed by atoms with Crippen molar-refractivity contribution < 1.29 is 9.59 Å². The molecule has 3 rings (SSSR count). The highest BCUT2D eigenvalue weighted by atomic mass is 79.9. The van der Waals surface area contributed by atoms with E-state index in [1.165, 1.54) is 0 Å². The largest absolute Gasteiger partial charge is 0.307 e. The predicted molar refractivity (Wildman–Crippen MR) is 101 cm³/mol. The molecule has 0 aliphatic rings. The lowest BCUT2D eigenvalue weighted by molar-refractivity contribution is 0.0996. The summed E-state index contributed by atoms with van der Waals surface area (Å²) < 4.78 is 0.889. The van der Waals surface area contributed by atoms with Gasteiger partial charge in [0.2, 0.25) is 0 Å². The van der Waals surface area contributed by atoms with Crippen molar-refractivity contribution in [3.63, 3.8) is 0 Å². The normalized spacial score (nSPS) is 10.3. The van der Waals surface area contributed by atoms with Crippen LogP contribution in [-0.2, 0) is 0 Å². The van der Waals surface area contributed by atoms with Crippen molar-refractivity contribution in [3.05, 3.63) is 93.6 Å². The second-order valence-corrected chi connectivity index (χ2v) is 6.47. The average Bonchev–Trinajstić information content (AvgIpc) is 2.63. The third-order valence-corrected chi connectivity index (χ3v) is 4.20. The second-order valence-electron chi connectivity index (χ2n) is 5.56. The van der Waals surface area contributed by atoms with Crippen LogP contribution in [0.2, 0.25) is 0 Å². The van der Waals surface area contributed by atoms with Gasteiger partial charge >= 0.3 is 0 Å². The van der Waals surface area contributed by atoms with E-state index < -0.39 is 0 Å². The van der Waals surface area contributed by atoms with Gasteiger partial charge < -0.3 is 5.32 Å². The van der Waals surface area contributed by atoms with Gasteiger partial charge in [0, 0.05) is 21.8 Å². The molecule has 1 amide bonds. The van der Waals surface area contributed by atoms with Crippen molar-refractivity contribution in [1.29, 1.82) is 0 Å². The van der Waals surface area contributed by atoms with E-state index in [1.807, 2.05) is 13.0 Å². The van der Waals surface area contributed by atoms with Crippen LogP contribution in [0.1, 0.15) is 31.8 Å². The van der Waals surface area contributed by atoms with E-state index >= 15 is 0 Å². The number of hydrogen-bond acceptors (Lipinski definition) is 3. The third kappa shape index (κ3) is 4.00. The number of nitrogens with one attached hydrogen (secondary N) is 1. The number of aromatic nitrogens is 1. The van der Waals surface area contributed by atoms with E-state index in [4.69, 9.17) is 0 Å². The summed E-state index contributed by atoms with van der Waals surface area (Å²) in [6, 6.07) is 17.4. The minimum atomic E-state index is -0.364. The first-order chi connectivity index (χ1) is 12.0. The molecule has 1 heterocycles. The van der Waals surface area contributed by atoms with Crippen molar-refractivity contribution in [2.24, 2.45) is 0 Å². The van der Waals surface area contributed by atoms with Gasteiger partial charge in [0.05, 0.1) is 5.56 Å². The predicted octanol–water partition coefficient (Wildman–Crippen LogP) is 4.64. The van der Waals surface area contributed by atoms with E-state index in [2.05, 4.69) is 26.2 Å². The molecule has 2 aromatic carbocycles.